The molecule has 0 aliphatic carbocycles. The predicted molar refractivity (Wildman–Crippen MR) is 86.9 cm³/mol. The van der Waals surface area contributed by atoms with Crippen molar-refractivity contribution >= 4 is 17.7 Å². The Bertz CT molecular complexity index is 670. The van der Waals surface area contributed by atoms with E-state index in [0.29, 0.717) is 16.7 Å². The van der Waals surface area contributed by atoms with E-state index < -0.39 is 0 Å². The topological polar surface area (TPSA) is 69.0 Å². The minimum atomic E-state index is -0.249. The molecule has 1 heterocycles. The van der Waals surface area contributed by atoms with Crippen LogP contribution in [0.1, 0.15) is 23.9 Å². The third-order valence-corrected chi connectivity index (χ3v) is 3.81. The van der Waals surface area contributed by atoms with Gasteiger partial charge in [-0.05, 0) is 38.2 Å². The monoisotopic (exact) mass is 320 g/mol. The summed E-state index contributed by atoms with van der Waals surface area (Å²) in [6.07, 6.45) is 0. The van der Waals surface area contributed by atoms with Crippen molar-refractivity contribution in [3.63, 3.8) is 0 Å². The Morgan fingerprint density at radius 3 is 2.77 bits per heavy atom. The maximum Gasteiger partial charge on any atom is 0.276 e. The Balaban J connectivity index is 1.97. The van der Waals surface area contributed by atoms with Gasteiger partial charge in [0.2, 0.25) is 5.16 Å². The first kappa shape index (κ1) is 16.4. The molecule has 2 rings (SSSR count). The molecule has 0 saturated carbocycles. The van der Waals surface area contributed by atoms with E-state index in [1.165, 1.54) is 11.8 Å². The number of benzene rings is 1. The van der Waals surface area contributed by atoms with E-state index in [1.807, 2.05) is 39.0 Å². The van der Waals surface area contributed by atoms with Crippen molar-refractivity contribution in [3.8, 4) is 5.75 Å². The molecule has 1 N–H and O–H groups in total. The summed E-state index contributed by atoms with van der Waals surface area (Å²) in [5, 5.41) is 8.65. The van der Waals surface area contributed by atoms with Crippen LogP contribution in [0.15, 0.2) is 23.4 Å². The highest BCUT2D eigenvalue weighted by molar-refractivity contribution is 7.99. The van der Waals surface area contributed by atoms with E-state index in [4.69, 9.17) is 4.74 Å². The molecule has 0 spiro atoms. The molecule has 6 nitrogen and oxygen atoms in total. The van der Waals surface area contributed by atoms with E-state index in [1.54, 1.807) is 11.6 Å². The van der Waals surface area contributed by atoms with E-state index >= 15 is 0 Å². The maximum atomic E-state index is 12.0. The van der Waals surface area contributed by atoms with Gasteiger partial charge in [0.1, 0.15) is 11.6 Å². The molecule has 0 bridgehead atoms. The first-order valence-corrected chi connectivity index (χ1v) is 8.04. The number of hydrogen-bond donors (Lipinski definition) is 1. The highest BCUT2D eigenvalue weighted by atomic mass is 32.2. The van der Waals surface area contributed by atoms with E-state index in [0.717, 1.165) is 16.9 Å². The normalized spacial score (nSPS) is 10.5. The van der Waals surface area contributed by atoms with Crippen molar-refractivity contribution < 1.29 is 9.53 Å². The molecule has 118 valence electrons. The third-order valence-electron chi connectivity index (χ3n) is 2.99. The van der Waals surface area contributed by atoms with Crippen molar-refractivity contribution in [1.29, 1.82) is 0 Å². The summed E-state index contributed by atoms with van der Waals surface area (Å²) in [6, 6.07) is 5.85. The lowest BCUT2D eigenvalue weighted by atomic mass is 10.1. The zero-order valence-corrected chi connectivity index (χ0v) is 14.0. The van der Waals surface area contributed by atoms with Crippen LogP contribution in [0.25, 0.3) is 0 Å². The van der Waals surface area contributed by atoms with Gasteiger partial charge in [0.25, 0.3) is 5.91 Å². The zero-order chi connectivity index (χ0) is 16.1. The van der Waals surface area contributed by atoms with Gasteiger partial charge in [-0.15, -0.1) is 10.2 Å². The molecule has 0 atom stereocenters. The third kappa shape index (κ3) is 4.00. The molecule has 0 saturated heterocycles. The summed E-state index contributed by atoms with van der Waals surface area (Å²) in [7, 11) is 0. The Morgan fingerprint density at radius 1 is 1.32 bits per heavy atom. The fourth-order valence-electron chi connectivity index (χ4n) is 1.96. The molecular weight excluding hydrogens is 300 g/mol. The van der Waals surface area contributed by atoms with Gasteiger partial charge in [0.15, 0.2) is 6.61 Å². The first-order chi connectivity index (χ1) is 10.5. The molecule has 0 unspecified atom stereocenters. The largest absolute Gasteiger partial charge is 0.483 e. The number of thioether (sulfide) groups is 1. The van der Waals surface area contributed by atoms with Gasteiger partial charge < -0.3 is 4.74 Å². The second-order valence-corrected chi connectivity index (χ2v) is 6.12. The molecule has 0 aliphatic heterocycles. The summed E-state index contributed by atoms with van der Waals surface area (Å²) in [5.41, 5.74) is 4.92. The average molecular weight is 320 g/mol. The van der Waals surface area contributed by atoms with Crippen LogP contribution < -0.4 is 10.2 Å². The number of carbonyl (C=O) groups is 1. The lowest BCUT2D eigenvalue weighted by molar-refractivity contribution is -0.119. The van der Waals surface area contributed by atoms with E-state index in [2.05, 4.69) is 15.6 Å². The molecule has 1 aromatic carbocycles. The van der Waals surface area contributed by atoms with Crippen molar-refractivity contribution in [2.75, 3.05) is 17.8 Å². The quantitative estimate of drug-likeness (QED) is 0.828. The van der Waals surface area contributed by atoms with Crippen LogP contribution in [0, 0.1) is 20.8 Å². The molecule has 22 heavy (non-hydrogen) atoms. The molecule has 0 aliphatic rings. The summed E-state index contributed by atoms with van der Waals surface area (Å²) in [5.74, 6) is 1.95. The van der Waals surface area contributed by atoms with Gasteiger partial charge in [-0.1, -0.05) is 36.4 Å². The molecular formula is C15H20N4O2S. The van der Waals surface area contributed by atoms with E-state index in [9.17, 15) is 4.79 Å². The number of carbonyl (C=O) groups excluding carboxylic acids is 1. The Hall–Kier alpha value is -2.02. The summed E-state index contributed by atoms with van der Waals surface area (Å²) in [6.45, 7) is 7.73. The highest BCUT2D eigenvalue weighted by Crippen LogP contribution is 2.18. The Labute approximate surface area is 134 Å². The SMILES string of the molecule is CCSc1nnc(C)n1NC(=O)COc1ccc(C)cc1C. The standard InChI is InChI=1S/C15H20N4O2S/c1-5-22-15-17-16-12(4)19(15)18-14(20)9-21-13-7-6-10(2)8-11(13)3/h6-8H,5,9H2,1-4H3,(H,18,20). The van der Waals surface area contributed by atoms with Gasteiger partial charge >= 0.3 is 0 Å². The fraction of sp³-hybridized carbons (Fsp3) is 0.400. The number of rotatable bonds is 6. The van der Waals surface area contributed by atoms with Gasteiger partial charge in [-0.2, -0.15) is 0 Å². The number of ether oxygens (including phenoxy) is 1. The van der Waals surface area contributed by atoms with Crippen molar-refractivity contribution in [1.82, 2.24) is 14.9 Å². The average Bonchev–Trinajstić information content (AvgIpc) is 2.80. The van der Waals surface area contributed by atoms with Crippen molar-refractivity contribution in [3.05, 3.63) is 35.2 Å². The summed E-state index contributed by atoms with van der Waals surface area (Å²) >= 11 is 1.52. The minimum Gasteiger partial charge on any atom is -0.483 e. The number of nitrogens with one attached hydrogen (secondary N) is 1. The highest BCUT2D eigenvalue weighted by Gasteiger charge is 2.12. The summed E-state index contributed by atoms with van der Waals surface area (Å²) in [4.78, 5) is 12.0. The second kappa shape index (κ2) is 7.31. The first-order valence-electron chi connectivity index (χ1n) is 7.06. The molecule has 1 amide bonds. The Morgan fingerprint density at radius 2 is 2.09 bits per heavy atom. The summed E-state index contributed by atoms with van der Waals surface area (Å²) < 4.78 is 7.15. The van der Waals surface area contributed by atoms with Crippen molar-refractivity contribution in [2.24, 2.45) is 0 Å². The van der Waals surface area contributed by atoms with Crippen LogP contribution in [0.4, 0.5) is 0 Å². The van der Waals surface area contributed by atoms with Crippen molar-refractivity contribution in [2.45, 2.75) is 32.9 Å². The maximum absolute atomic E-state index is 12.0. The van der Waals surface area contributed by atoms with Gasteiger partial charge in [-0.25, -0.2) is 4.68 Å². The zero-order valence-electron chi connectivity index (χ0n) is 13.2. The molecule has 2 aromatic rings. The smallest absolute Gasteiger partial charge is 0.276 e. The molecule has 0 radical (unpaired) electrons. The number of amides is 1. The van der Waals surface area contributed by atoms with Gasteiger partial charge in [0, 0.05) is 0 Å². The molecule has 1 aromatic heterocycles. The van der Waals surface area contributed by atoms with Gasteiger partial charge in [0.05, 0.1) is 0 Å². The van der Waals surface area contributed by atoms with E-state index in [-0.39, 0.29) is 12.5 Å². The predicted octanol–water partition coefficient (Wildman–Crippen LogP) is 2.46. The van der Waals surface area contributed by atoms with Crippen LogP contribution in [0.3, 0.4) is 0 Å². The fourth-order valence-corrected chi connectivity index (χ4v) is 2.62. The van der Waals surface area contributed by atoms with Gasteiger partial charge in [-0.3, -0.25) is 10.2 Å². The molecule has 7 heteroatoms. The number of hydrogen-bond acceptors (Lipinski definition) is 5. The molecule has 0 fully saturated rings. The van der Waals surface area contributed by atoms with Crippen LogP contribution in [-0.2, 0) is 4.79 Å². The number of nitrogens with zero attached hydrogens (tertiary/aromatic N) is 3. The number of aromatic nitrogens is 3. The van der Waals surface area contributed by atoms with Crippen LogP contribution in [0.5, 0.6) is 5.75 Å². The lowest BCUT2D eigenvalue weighted by Crippen LogP contribution is -2.29. The number of aryl methyl sites for hydroxylation is 3. The minimum absolute atomic E-state index is 0.0578. The Kier molecular flexibility index (Phi) is 5.43. The van der Waals surface area contributed by atoms with Crippen LogP contribution in [-0.4, -0.2) is 33.1 Å². The second-order valence-electron chi connectivity index (χ2n) is 4.89. The van der Waals surface area contributed by atoms with Crippen LogP contribution in [0.2, 0.25) is 0 Å². The lowest BCUT2D eigenvalue weighted by Gasteiger charge is -2.12. The van der Waals surface area contributed by atoms with Crippen LogP contribution >= 0.6 is 11.8 Å².